The van der Waals surface area contributed by atoms with E-state index in [-0.39, 0.29) is 59.2 Å². The number of carbonyl (C=O) groups excluding carboxylic acids is 2. The number of nitrogens with zero attached hydrogens (tertiary/aromatic N) is 2. The summed E-state index contributed by atoms with van der Waals surface area (Å²) in [7, 11) is 6.64. The Bertz CT molecular complexity index is 1880. The maximum atomic E-state index is 13.2. The SMILES string of the molecule is COc1cc(OC)cc([C@@H]2C=C[C@@H]3CCC[C@@]4(O)[C@@H]3[C@H]2[C@H](C)CN4C(=O)OC(C)(C)C)c1.COc1cc(OC)cc([C@@H]2C=C[C@@H]3CCC[C@@]4(O)[C@@H]3[C@H]2[C@H](C)CN4C(=O)OC(C)(C)C)c1. The molecule has 4 aliphatic carbocycles. The van der Waals surface area contributed by atoms with Crippen LogP contribution in [0, 0.1) is 47.3 Å². The van der Waals surface area contributed by atoms with E-state index in [0.717, 1.165) is 59.8 Å². The molecule has 4 fully saturated rings. The molecule has 12 atom stereocenters. The van der Waals surface area contributed by atoms with Crippen molar-refractivity contribution in [3.05, 3.63) is 71.8 Å². The van der Waals surface area contributed by atoms with Gasteiger partial charge in [0.25, 0.3) is 0 Å². The first-order valence-corrected chi connectivity index (χ1v) is 23.4. The second-order valence-electron chi connectivity index (χ2n) is 21.3. The van der Waals surface area contributed by atoms with Gasteiger partial charge in [-0.2, -0.15) is 0 Å². The van der Waals surface area contributed by atoms with Gasteiger partial charge in [-0.1, -0.05) is 38.2 Å². The number of carbonyl (C=O) groups is 2. The fourth-order valence-electron chi connectivity index (χ4n) is 12.4. The molecular formula is C52H74N2O10. The van der Waals surface area contributed by atoms with Crippen LogP contribution in [0.25, 0.3) is 0 Å². The molecule has 2 aromatic carbocycles. The van der Waals surface area contributed by atoms with E-state index >= 15 is 0 Å². The lowest BCUT2D eigenvalue weighted by molar-refractivity contribution is -0.222. The largest absolute Gasteiger partial charge is 0.497 e. The first kappa shape index (κ1) is 47.5. The standard InChI is InChI=1S/2C26H37NO5/c2*1-16-15-27(24(28)32-25(2,3)4)26(29)11-7-8-17-9-10-21(22(16)23(17)26)18-12-19(30-5)14-20(13-18)31-6/h2*9-10,12-14,16-17,21-23,29H,7-8,11,15H2,1-6H3/t2*16-,17+,21+,22+,23+,26-/m11/s1. The Morgan fingerprint density at radius 1 is 0.562 bits per heavy atom. The highest BCUT2D eigenvalue weighted by atomic mass is 16.6. The molecule has 2 saturated heterocycles. The average Bonchev–Trinajstić information content (AvgIpc) is 3.24. The number of rotatable bonds is 6. The van der Waals surface area contributed by atoms with E-state index in [1.165, 1.54) is 0 Å². The first-order valence-electron chi connectivity index (χ1n) is 23.4. The molecule has 2 aliphatic heterocycles. The normalized spacial score (nSPS) is 34.0. The minimum Gasteiger partial charge on any atom is -0.497 e. The molecule has 0 bridgehead atoms. The number of aliphatic hydroxyl groups is 2. The molecule has 2 heterocycles. The number of piperidine rings is 2. The first-order chi connectivity index (χ1) is 30.1. The summed E-state index contributed by atoms with van der Waals surface area (Å²) < 4.78 is 33.5. The lowest BCUT2D eigenvalue weighted by atomic mass is 9.54. The molecule has 2 amide bonds. The second kappa shape index (κ2) is 18.1. The van der Waals surface area contributed by atoms with Gasteiger partial charge >= 0.3 is 12.2 Å². The van der Waals surface area contributed by atoms with Crippen LogP contribution in [-0.4, -0.2) is 96.4 Å². The van der Waals surface area contributed by atoms with E-state index in [0.29, 0.717) is 25.9 Å². The number of methoxy groups -OCH3 is 4. The smallest absolute Gasteiger partial charge is 0.412 e. The molecule has 12 nitrogen and oxygen atoms in total. The predicted molar refractivity (Wildman–Crippen MR) is 246 cm³/mol. The van der Waals surface area contributed by atoms with Gasteiger partial charge < -0.3 is 38.6 Å². The Balaban J connectivity index is 0.000000191. The van der Waals surface area contributed by atoms with Crippen LogP contribution in [0.4, 0.5) is 9.59 Å². The average molecular weight is 887 g/mol. The van der Waals surface area contributed by atoms with Crippen molar-refractivity contribution in [2.45, 2.75) is 128 Å². The number of likely N-dealkylation sites (tertiary alicyclic amines) is 2. The van der Waals surface area contributed by atoms with Crippen molar-refractivity contribution >= 4 is 12.2 Å². The Hall–Kier alpha value is -4.42. The lowest BCUT2D eigenvalue weighted by Gasteiger charge is -2.60. The van der Waals surface area contributed by atoms with Gasteiger partial charge in [0.1, 0.15) is 45.7 Å². The molecule has 352 valence electrons. The molecule has 64 heavy (non-hydrogen) atoms. The summed E-state index contributed by atoms with van der Waals surface area (Å²) in [5, 5.41) is 24.1. The zero-order valence-electron chi connectivity index (χ0n) is 40.3. The summed E-state index contributed by atoms with van der Waals surface area (Å²) in [6.45, 7) is 16.5. The van der Waals surface area contributed by atoms with Gasteiger partial charge in [-0.3, -0.25) is 9.80 Å². The monoisotopic (exact) mass is 887 g/mol. The van der Waals surface area contributed by atoms with Gasteiger partial charge in [-0.15, -0.1) is 0 Å². The molecule has 0 aromatic heterocycles. The van der Waals surface area contributed by atoms with Gasteiger partial charge in [-0.05, 0) is 151 Å². The van der Waals surface area contributed by atoms with Crippen molar-refractivity contribution in [3.8, 4) is 23.0 Å². The van der Waals surface area contributed by atoms with E-state index in [1.54, 1.807) is 38.2 Å². The fraction of sp³-hybridized carbons (Fsp3) is 0.654. The number of allylic oxidation sites excluding steroid dienone is 4. The van der Waals surface area contributed by atoms with E-state index in [9.17, 15) is 19.8 Å². The predicted octanol–water partition coefficient (Wildman–Crippen LogP) is 9.93. The molecule has 2 saturated carbocycles. The second-order valence-corrected chi connectivity index (χ2v) is 21.3. The van der Waals surface area contributed by atoms with E-state index < -0.39 is 34.8 Å². The molecule has 8 rings (SSSR count). The quantitative estimate of drug-likeness (QED) is 0.270. The highest BCUT2D eigenvalue weighted by Gasteiger charge is 2.62. The Labute approximate surface area is 381 Å². The zero-order valence-corrected chi connectivity index (χ0v) is 40.3. The van der Waals surface area contributed by atoms with Crippen LogP contribution in [-0.2, 0) is 9.47 Å². The van der Waals surface area contributed by atoms with Gasteiger partial charge in [0.05, 0.1) is 28.4 Å². The molecule has 0 radical (unpaired) electrons. The molecule has 12 heteroatoms. The van der Waals surface area contributed by atoms with Crippen molar-refractivity contribution < 1.29 is 48.2 Å². The number of ether oxygens (including phenoxy) is 6. The molecule has 2 aromatic rings. The van der Waals surface area contributed by atoms with Crippen molar-refractivity contribution in [3.63, 3.8) is 0 Å². The molecule has 0 spiro atoms. The van der Waals surface area contributed by atoms with Crippen LogP contribution in [0.15, 0.2) is 60.7 Å². The molecular weight excluding hydrogens is 813 g/mol. The van der Waals surface area contributed by atoms with Gasteiger partial charge in [0, 0.05) is 48.9 Å². The van der Waals surface area contributed by atoms with Gasteiger partial charge in [-0.25, -0.2) is 9.59 Å². The van der Waals surface area contributed by atoms with Gasteiger partial charge in [0.15, 0.2) is 0 Å². The van der Waals surface area contributed by atoms with Crippen LogP contribution < -0.4 is 18.9 Å². The highest BCUT2D eigenvalue weighted by Crippen LogP contribution is 2.59. The maximum Gasteiger partial charge on any atom is 0.412 e. The minimum atomic E-state index is -1.20. The Kier molecular flexibility index (Phi) is 13.4. The third-order valence-corrected chi connectivity index (χ3v) is 14.9. The van der Waals surface area contributed by atoms with Crippen LogP contribution in [0.2, 0.25) is 0 Å². The van der Waals surface area contributed by atoms with Crippen molar-refractivity contribution in [1.29, 1.82) is 0 Å². The van der Waals surface area contributed by atoms with E-state index in [1.807, 2.05) is 53.7 Å². The third kappa shape index (κ3) is 9.20. The van der Waals surface area contributed by atoms with E-state index in [4.69, 9.17) is 28.4 Å². The Morgan fingerprint density at radius 2 is 0.891 bits per heavy atom. The number of benzene rings is 2. The van der Waals surface area contributed by atoms with Crippen molar-refractivity contribution in [2.75, 3.05) is 41.5 Å². The number of hydrogen-bond acceptors (Lipinski definition) is 10. The topological polar surface area (TPSA) is 136 Å². The highest BCUT2D eigenvalue weighted by molar-refractivity contribution is 5.70. The molecule has 0 unspecified atom stereocenters. The third-order valence-electron chi connectivity index (χ3n) is 14.9. The summed E-state index contributed by atoms with van der Waals surface area (Å²) in [5.74, 6) is 4.45. The van der Waals surface area contributed by atoms with Crippen LogP contribution >= 0.6 is 0 Å². The van der Waals surface area contributed by atoms with Crippen LogP contribution in [0.5, 0.6) is 23.0 Å². The lowest BCUT2D eigenvalue weighted by Crippen LogP contribution is -2.68. The van der Waals surface area contributed by atoms with Crippen molar-refractivity contribution in [2.24, 2.45) is 47.3 Å². The summed E-state index contributed by atoms with van der Waals surface area (Å²) in [4.78, 5) is 29.5. The fourth-order valence-corrected chi connectivity index (χ4v) is 12.4. The van der Waals surface area contributed by atoms with Gasteiger partial charge in [0.2, 0.25) is 0 Å². The zero-order chi connectivity index (χ0) is 46.5. The maximum absolute atomic E-state index is 13.2. The summed E-state index contributed by atoms with van der Waals surface area (Å²) in [5.41, 5.74) is -1.37. The number of hydrogen-bond donors (Lipinski definition) is 2. The molecule has 6 aliphatic rings. The summed E-state index contributed by atoms with van der Waals surface area (Å²) in [6.07, 6.45) is 13.3. The number of amides is 2. The minimum absolute atomic E-state index is 0.0419. The summed E-state index contributed by atoms with van der Waals surface area (Å²) in [6, 6.07) is 12.0. The molecule has 2 N–H and O–H groups in total. The summed E-state index contributed by atoms with van der Waals surface area (Å²) >= 11 is 0. The van der Waals surface area contributed by atoms with Crippen LogP contribution in [0.1, 0.15) is 117 Å². The Morgan fingerprint density at radius 3 is 1.19 bits per heavy atom. The van der Waals surface area contributed by atoms with Crippen molar-refractivity contribution in [1.82, 2.24) is 9.80 Å². The van der Waals surface area contributed by atoms with E-state index in [2.05, 4.69) is 62.4 Å². The van der Waals surface area contributed by atoms with Crippen LogP contribution in [0.3, 0.4) is 0 Å².